The van der Waals surface area contributed by atoms with Crippen LogP contribution in [0.2, 0.25) is 0 Å². The largest absolute Gasteiger partial charge is 0.424 e. The number of benzene rings is 1. The third-order valence-corrected chi connectivity index (χ3v) is 3.06. The summed E-state index contributed by atoms with van der Waals surface area (Å²) >= 11 is 1.81. The van der Waals surface area contributed by atoms with E-state index in [4.69, 9.17) is 15.9 Å². The van der Waals surface area contributed by atoms with Crippen molar-refractivity contribution < 1.29 is 4.42 Å². The first kappa shape index (κ1) is 10.3. The van der Waals surface area contributed by atoms with Crippen molar-refractivity contribution in [2.24, 2.45) is 5.73 Å². The molecule has 0 saturated carbocycles. The topological polar surface area (TPSA) is 78.1 Å². The van der Waals surface area contributed by atoms with E-state index in [2.05, 4.69) is 4.98 Å². The van der Waals surface area contributed by atoms with Crippen molar-refractivity contribution in [1.82, 2.24) is 4.98 Å². The molecule has 0 radical (unpaired) electrons. The van der Waals surface area contributed by atoms with E-state index in [1.807, 2.05) is 30.0 Å². The number of hydrogen-bond donors (Lipinski definition) is 2. The zero-order chi connectivity index (χ0) is 10.7. The summed E-state index contributed by atoms with van der Waals surface area (Å²) in [6.07, 6.45) is 0. The van der Waals surface area contributed by atoms with Crippen LogP contribution in [-0.4, -0.2) is 17.3 Å². The maximum atomic E-state index is 5.46. The van der Waals surface area contributed by atoms with Gasteiger partial charge in [-0.15, -0.1) is 0 Å². The molecule has 0 spiro atoms. The lowest BCUT2D eigenvalue weighted by Gasteiger charge is -1.99. The van der Waals surface area contributed by atoms with E-state index in [1.54, 1.807) is 0 Å². The van der Waals surface area contributed by atoms with Crippen LogP contribution in [-0.2, 0) is 5.75 Å². The van der Waals surface area contributed by atoms with Gasteiger partial charge in [-0.2, -0.15) is 16.7 Å². The minimum Gasteiger partial charge on any atom is -0.424 e. The first-order valence-electron chi connectivity index (χ1n) is 4.72. The smallest absolute Gasteiger partial charge is 0.292 e. The normalized spacial score (nSPS) is 11.0. The highest BCUT2D eigenvalue weighted by molar-refractivity contribution is 7.98. The highest BCUT2D eigenvalue weighted by atomic mass is 32.2. The number of aromatic nitrogens is 1. The van der Waals surface area contributed by atoms with E-state index in [-0.39, 0.29) is 6.01 Å². The minimum absolute atomic E-state index is 0.219. The van der Waals surface area contributed by atoms with Crippen LogP contribution in [0.1, 0.15) is 5.56 Å². The van der Waals surface area contributed by atoms with Crippen molar-refractivity contribution in [3.8, 4) is 0 Å². The van der Waals surface area contributed by atoms with Gasteiger partial charge in [-0.3, -0.25) is 0 Å². The van der Waals surface area contributed by atoms with E-state index in [9.17, 15) is 0 Å². The van der Waals surface area contributed by atoms with Crippen LogP contribution in [0, 0.1) is 0 Å². The highest BCUT2D eigenvalue weighted by Crippen LogP contribution is 2.20. The number of thioether (sulfide) groups is 1. The van der Waals surface area contributed by atoms with Gasteiger partial charge < -0.3 is 15.9 Å². The number of rotatable bonds is 4. The number of anilines is 1. The first-order chi connectivity index (χ1) is 7.29. The Morgan fingerprint density at radius 1 is 1.40 bits per heavy atom. The second-order valence-corrected chi connectivity index (χ2v) is 4.30. The number of fused-ring (bicyclic) bond motifs is 1. The first-order valence-corrected chi connectivity index (χ1v) is 5.88. The molecule has 2 rings (SSSR count). The fourth-order valence-electron chi connectivity index (χ4n) is 1.35. The predicted molar refractivity (Wildman–Crippen MR) is 63.6 cm³/mol. The molecule has 0 bridgehead atoms. The maximum absolute atomic E-state index is 5.46. The number of oxazole rings is 1. The molecule has 5 heteroatoms. The zero-order valence-electron chi connectivity index (χ0n) is 8.27. The van der Waals surface area contributed by atoms with Crippen LogP contribution in [0.4, 0.5) is 6.01 Å². The van der Waals surface area contributed by atoms with Gasteiger partial charge in [-0.05, 0) is 17.7 Å². The van der Waals surface area contributed by atoms with E-state index in [0.717, 1.165) is 22.6 Å². The van der Waals surface area contributed by atoms with Crippen LogP contribution in [0.15, 0.2) is 22.6 Å². The molecule has 0 saturated heterocycles. The second-order valence-electron chi connectivity index (χ2n) is 3.20. The van der Waals surface area contributed by atoms with Crippen molar-refractivity contribution in [3.63, 3.8) is 0 Å². The van der Waals surface area contributed by atoms with Gasteiger partial charge in [0.1, 0.15) is 5.52 Å². The summed E-state index contributed by atoms with van der Waals surface area (Å²) in [5.74, 6) is 1.92. The van der Waals surface area contributed by atoms with Gasteiger partial charge in [0, 0.05) is 18.1 Å². The lowest BCUT2D eigenvalue weighted by Crippen LogP contribution is -2.01. The van der Waals surface area contributed by atoms with Crippen LogP contribution in [0.3, 0.4) is 0 Å². The molecule has 0 unspecified atom stereocenters. The second kappa shape index (κ2) is 4.55. The molecule has 1 aromatic carbocycles. The molecule has 0 aliphatic rings. The van der Waals surface area contributed by atoms with Crippen LogP contribution in [0.5, 0.6) is 0 Å². The van der Waals surface area contributed by atoms with Gasteiger partial charge >= 0.3 is 0 Å². The molecule has 15 heavy (non-hydrogen) atoms. The van der Waals surface area contributed by atoms with Crippen molar-refractivity contribution in [3.05, 3.63) is 23.8 Å². The SMILES string of the molecule is NCCSCc1ccc2oc(N)nc2c1. The van der Waals surface area contributed by atoms with Crippen LogP contribution < -0.4 is 11.5 Å². The molecule has 0 atom stereocenters. The quantitative estimate of drug-likeness (QED) is 0.770. The molecular weight excluding hydrogens is 210 g/mol. The van der Waals surface area contributed by atoms with Crippen LogP contribution in [0.25, 0.3) is 11.1 Å². The Balaban J connectivity index is 2.15. The molecule has 1 heterocycles. The lowest BCUT2D eigenvalue weighted by molar-refractivity contribution is 0.626. The molecule has 2 aromatic rings. The Kier molecular flexibility index (Phi) is 3.13. The fourth-order valence-corrected chi connectivity index (χ4v) is 2.08. The number of nitrogen functional groups attached to an aromatic ring is 1. The Morgan fingerprint density at radius 3 is 3.07 bits per heavy atom. The molecule has 0 amide bonds. The van der Waals surface area contributed by atoms with Gasteiger partial charge in [0.25, 0.3) is 6.01 Å². The lowest BCUT2D eigenvalue weighted by atomic mass is 10.2. The van der Waals surface area contributed by atoms with Crippen molar-refractivity contribution in [1.29, 1.82) is 0 Å². The summed E-state index contributed by atoms with van der Waals surface area (Å²) in [5, 5.41) is 0. The van der Waals surface area contributed by atoms with Gasteiger partial charge in [0.15, 0.2) is 5.58 Å². The van der Waals surface area contributed by atoms with Gasteiger partial charge in [-0.1, -0.05) is 6.07 Å². The minimum atomic E-state index is 0.219. The summed E-state index contributed by atoms with van der Waals surface area (Å²) in [4.78, 5) is 4.08. The van der Waals surface area contributed by atoms with E-state index in [1.165, 1.54) is 5.56 Å². The molecule has 0 aliphatic heterocycles. The van der Waals surface area contributed by atoms with Crippen LogP contribution >= 0.6 is 11.8 Å². The van der Waals surface area contributed by atoms with Crippen molar-refractivity contribution >= 4 is 28.9 Å². The third kappa shape index (κ3) is 2.43. The van der Waals surface area contributed by atoms with Gasteiger partial charge in [0.05, 0.1) is 0 Å². The number of nitrogens with zero attached hydrogens (tertiary/aromatic N) is 1. The van der Waals surface area contributed by atoms with Gasteiger partial charge in [-0.25, -0.2) is 0 Å². The average Bonchev–Trinajstić information content (AvgIpc) is 2.57. The summed E-state index contributed by atoms with van der Waals surface area (Å²) in [6.45, 7) is 0.712. The summed E-state index contributed by atoms with van der Waals surface area (Å²) in [7, 11) is 0. The Labute approximate surface area is 92.0 Å². The summed E-state index contributed by atoms with van der Waals surface area (Å²) in [5.41, 5.74) is 13.7. The number of nitrogens with two attached hydrogens (primary N) is 2. The Morgan fingerprint density at radius 2 is 2.27 bits per heavy atom. The number of hydrogen-bond acceptors (Lipinski definition) is 5. The van der Waals surface area contributed by atoms with Crippen molar-refractivity contribution in [2.45, 2.75) is 5.75 Å². The molecule has 1 aromatic heterocycles. The van der Waals surface area contributed by atoms with E-state index in [0.29, 0.717) is 6.54 Å². The molecular formula is C10H13N3OS. The third-order valence-electron chi connectivity index (χ3n) is 2.00. The van der Waals surface area contributed by atoms with E-state index < -0.39 is 0 Å². The summed E-state index contributed by atoms with van der Waals surface area (Å²) < 4.78 is 5.19. The molecule has 0 aliphatic carbocycles. The van der Waals surface area contributed by atoms with Crippen molar-refractivity contribution in [2.75, 3.05) is 18.0 Å². The Bertz CT molecular complexity index is 455. The molecule has 4 N–H and O–H groups in total. The zero-order valence-corrected chi connectivity index (χ0v) is 9.09. The van der Waals surface area contributed by atoms with Gasteiger partial charge in [0.2, 0.25) is 0 Å². The monoisotopic (exact) mass is 223 g/mol. The average molecular weight is 223 g/mol. The standard InChI is InChI=1S/C10H13N3OS/c11-3-4-15-6-7-1-2-9-8(5-7)13-10(12)14-9/h1-2,5H,3-4,6,11H2,(H2,12,13). The predicted octanol–water partition coefficient (Wildman–Crippen LogP) is 1.60. The summed E-state index contributed by atoms with van der Waals surface area (Å²) in [6, 6.07) is 6.14. The fraction of sp³-hybridized carbons (Fsp3) is 0.300. The highest BCUT2D eigenvalue weighted by Gasteiger charge is 2.03. The van der Waals surface area contributed by atoms with E-state index >= 15 is 0 Å². The maximum Gasteiger partial charge on any atom is 0.292 e. The molecule has 80 valence electrons. The molecule has 4 nitrogen and oxygen atoms in total. The molecule has 0 fully saturated rings. The Hall–Kier alpha value is -1.20.